The van der Waals surface area contributed by atoms with E-state index in [-0.39, 0.29) is 5.91 Å². The highest BCUT2D eigenvalue weighted by Gasteiger charge is 2.41. The molecule has 3 heteroatoms. The third-order valence-corrected chi connectivity index (χ3v) is 5.61. The fraction of sp³-hybridized carbons (Fsp3) is 0.409. The van der Waals surface area contributed by atoms with Gasteiger partial charge in [0.15, 0.2) is 0 Å². The molecule has 1 N–H and O–H groups in total. The van der Waals surface area contributed by atoms with Crippen LogP contribution < -0.4 is 5.32 Å². The van der Waals surface area contributed by atoms with Gasteiger partial charge in [-0.25, -0.2) is 0 Å². The molecule has 0 radical (unpaired) electrons. The second kappa shape index (κ2) is 7.83. The lowest BCUT2D eigenvalue weighted by Crippen LogP contribution is -2.46. The van der Waals surface area contributed by atoms with Gasteiger partial charge in [-0.05, 0) is 43.9 Å². The molecule has 132 valence electrons. The second-order valence-corrected chi connectivity index (χ2v) is 6.99. The van der Waals surface area contributed by atoms with Crippen LogP contribution in [0, 0.1) is 0 Å². The molecule has 1 atom stereocenters. The third kappa shape index (κ3) is 3.47. The monoisotopic (exact) mass is 336 g/mol. The molecule has 0 saturated carbocycles. The first kappa shape index (κ1) is 17.7. The standard InChI is InChI=1S/C22H28N2O/c1-18-10-9-16-24(18)17-15-22(21(25)23-2,19-11-5-3-6-12-19)20-13-7-4-8-14-20/h3-8,11-14,18H,9-10,15-17H2,1-2H3,(H,23,25). The Morgan fingerprint density at radius 3 is 2.08 bits per heavy atom. The van der Waals surface area contributed by atoms with Crippen LogP contribution in [0.3, 0.4) is 0 Å². The summed E-state index contributed by atoms with van der Waals surface area (Å²) in [6.07, 6.45) is 3.29. The van der Waals surface area contributed by atoms with Crippen LogP contribution in [0.4, 0.5) is 0 Å². The average molecular weight is 336 g/mol. The molecule has 2 aromatic rings. The lowest BCUT2D eigenvalue weighted by atomic mass is 9.71. The molecule has 0 aromatic heterocycles. The van der Waals surface area contributed by atoms with Crippen LogP contribution in [0.5, 0.6) is 0 Å². The van der Waals surface area contributed by atoms with Crippen molar-refractivity contribution in [3.05, 3.63) is 71.8 Å². The Bertz CT molecular complexity index is 644. The van der Waals surface area contributed by atoms with E-state index in [2.05, 4.69) is 41.4 Å². The van der Waals surface area contributed by atoms with Crippen LogP contribution in [-0.4, -0.2) is 37.0 Å². The molecule has 0 aliphatic carbocycles. The summed E-state index contributed by atoms with van der Waals surface area (Å²) in [5.41, 5.74) is 1.47. The maximum Gasteiger partial charge on any atom is 0.234 e. The van der Waals surface area contributed by atoms with Crippen LogP contribution in [0.2, 0.25) is 0 Å². The highest BCUT2D eigenvalue weighted by atomic mass is 16.2. The summed E-state index contributed by atoms with van der Waals surface area (Å²) in [4.78, 5) is 15.7. The molecule has 0 bridgehead atoms. The van der Waals surface area contributed by atoms with E-state index < -0.39 is 5.41 Å². The highest BCUT2D eigenvalue weighted by Crippen LogP contribution is 2.37. The van der Waals surface area contributed by atoms with Gasteiger partial charge in [-0.3, -0.25) is 4.79 Å². The summed E-state index contributed by atoms with van der Waals surface area (Å²) in [6, 6.07) is 21.0. The molecule has 1 saturated heterocycles. The van der Waals surface area contributed by atoms with Gasteiger partial charge in [0, 0.05) is 19.6 Å². The molecule has 1 aliphatic rings. The summed E-state index contributed by atoms with van der Waals surface area (Å²) >= 11 is 0. The number of carbonyl (C=O) groups is 1. The predicted molar refractivity (Wildman–Crippen MR) is 103 cm³/mol. The van der Waals surface area contributed by atoms with E-state index in [1.165, 1.54) is 12.8 Å². The van der Waals surface area contributed by atoms with Crippen molar-refractivity contribution in [3.63, 3.8) is 0 Å². The van der Waals surface area contributed by atoms with Gasteiger partial charge in [0.05, 0.1) is 0 Å². The third-order valence-electron chi connectivity index (χ3n) is 5.61. The van der Waals surface area contributed by atoms with Crippen molar-refractivity contribution in [1.82, 2.24) is 10.2 Å². The van der Waals surface area contributed by atoms with E-state index in [1.807, 2.05) is 36.4 Å². The van der Waals surface area contributed by atoms with Gasteiger partial charge in [0.1, 0.15) is 5.41 Å². The minimum Gasteiger partial charge on any atom is -0.358 e. The van der Waals surface area contributed by atoms with Crippen molar-refractivity contribution >= 4 is 5.91 Å². The molecule has 1 amide bonds. The first-order chi connectivity index (χ1) is 12.2. The van der Waals surface area contributed by atoms with E-state index in [4.69, 9.17) is 0 Å². The number of nitrogens with zero attached hydrogens (tertiary/aromatic N) is 1. The van der Waals surface area contributed by atoms with Gasteiger partial charge in [-0.2, -0.15) is 0 Å². The number of hydrogen-bond donors (Lipinski definition) is 1. The normalized spacial score (nSPS) is 18.2. The Hall–Kier alpha value is -2.13. The highest BCUT2D eigenvalue weighted by molar-refractivity contribution is 5.92. The van der Waals surface area contributed by atoms with Gasteiger partial charge in [-0.15, -0.1) is 0 Å². The van der Waals surface area contributed by atoms with Crippen LogP contribution in [0.15, 0.2) is 60.7 Å². The minimum absolute atomic E-state index is 0.0664. The molecule has 1 aliphatic heterocycles. The van der Waals surface area contributed by atoms with Gasteiger partial charge in [-0.1, -0.05) is 60.7 Å². The fourth-order valence-corrected chi connectivity index (χ4v) is 4.13. The van der Waals surface area contributed by atoms with Crippen molar-refractivity contribution in [3.8, 4) is 0 Å². The summed E-state index contributed by atoms with van der Waals surface area (Å²) in [5.74, 6) is 0.0664. The molecule has 3 nitrogen and oxygen atoms in total. The largest absolute Gasteiger partial charge is 0.358 e. The number of likely N-dealkylation sites (tertiary alicyclic amines) is 1. The van der Waals surface area contributed by atoms with Crippen molar-refractivity contribution < 1.29 is 4.79 Å². The Labute approximate surface area is 151 Å². The van der Waals surface area contributed by atoms with Gasteiger partial charge >= 0.3 is 0 Å². The molecule has 0 spiro atoms. The molecule has 2 aromatic carbocycles. The number of likely N-dealkylation sites (N-methyl/N-ethyl adjacent to an activating group) is 1. The number of amides is 1. The quantitative estimate of drug-likeness (QED) is 0.874. The Balaban J connectivity index is 2.03. The maximum absolute atomic E-state index is 13.2. The first-order valence-electron chi connectivity index (χ1n) is 9.26. The fourth-order valence-electron chi connectivity index (χ4n) is 4.13. The van der Waals surface area contributed by atoms with Crippen molar-refractivity contribution in [2.45, 2.75) is 37.6 Å². The molecule has 25 heavy (non-hydrogen) atoms. The van der Waals surface area contributed by atoms with Crippen LogP contribution in [-0.2, 0) is 10.2 Å². The van der Waals surface area contributed by atoms with Crippen LogP contribution in [0.25, 0.3) is 0 Å². The smallest absolute Gasteiger partial charge is 0.234 e. The average Bonchev–Trinajstić information content (AvgIpc) is 3.08. The molecular formula is C22H28N2O. The summed E-state index contributed by atoms with van der Waals surface area (Å²) in [5, 5.41) is 2.93. The number of benzene rings is 2. The molecule has 1 unspecified atom stereocenters. The number of rotatable bonds is 6. The minimum atomic E-state index is -0.653. The van der Waals surface area contributed by atoms with Crippen LogP contribution in [0.1, 0.15) is 37.3 Å². The lowest BCUT2D eigenvalue weighted by molar-refractivity contribution is -0.125. The van der Waals surface area contributed by atoms with Gasteiger partial charge in [0.2, 0.25) is 5.91 Å². The van der Waals surface area contributed by atoms with Crippen molar-refractivity contribution in [2.75, 3.05) is 20.1 Å². The Morgan fingerprint density at radius 2 is 1.64 bits per heavy atom. The van der Waals surface area contributed by atoms with E-state index in [0.29, 0.717) is 6.04 Å². The zero-order valence-corrected chi connectivity index (χ0v) is 15.2. The predicted octanol–water partition coefficient (Wildman–Crippen LogP) is 3.59. The number of nitrogens with one attached hydrogen (secondary N) is 1. The van der Waals surface area contributed by atoms with E-state index in [9.17, 15) is 4.79 Å². The van der Waals surface area contributed by atoms with Crippen molar-refractivity contribution in [1.29, 1.82) is 0 Å². The summed E-state index contributed by atoms with van der Waals surface area (Å²) in [6.45, 7) is 4.35. The van der Waals surface area contributed by atoms with Crippen molar-refractivity contribution in [2.24, 2.45) is 0 Å². The first-order valence-corrected chi connectivity index (χ1v) is 9.26. The van der Waals surface area contributed by atoms with Crippen LogP contribution >= 0.6 is 0 Å². The maximum atomic E-state index is 13.2. The lowest BCUT2D eigenvalue weighted by Gasteiger charge is -2.35. The SMILES string of the molecule is CNC(=O)C(CCN1CCCC1C)(c1ccccc1)c1ccccc1. The van der Waals surface area contributed by atoms with Gasteiger partial charge < -0.3 is 10.2 Å². The topological polar surface area (TPSA) is 32.3 Å². The van der Waals surface area contributed by atoms with E-state index in [1.54, 1.807) is 7.05 Å². The summed E-state index contributed by atoms with van der Waals surface area (Å²) < 4.78 is 0. The zero-order valence-electron chi connectivity index (χ0n) is 15.2. The Kier molecular flexibility index (Phi) is 5.54. The molecule has 1 fully saturated rings. The van der Waals surface area contributed by atoms with E-state index in [0.717, 1.165) is 30.6 Å². The zero-order chi connectivity index (χ0) is 17.7. The second-order valence-electron chi connectivity index (χ2n) is 6.99. The number of hydrogen-bond acceptors (Lipinski definition) is 2. The molecular weight excluding hydrogens is 308 g/mol. The van der Waals surface area contributed by atoms with Gasteiger partial charge in [0.25, 0.3) is 0 Å². The van der Waals surface area contributed by atoms with E-state index >= 15 is 0 Å². The number of carbonyl (C=O) groups excluding carboxylic acids is 1. The molecule has 1 heterocycles. The molecule has 3 rings (SSSR count). The Morgan fingerprint density at radius 1 is 1.08 bits per heavy atom. The summed E-state index contributed by atoms with van der Waals surface area (Å²) in [7, 11) is 1.74.